The van der Waals surface area contributed by atoms with Gasteiger partial charge in [-0.05, 0) is 18.3 Å². The third kappa shape index (κ3) is 4.17. The molecule has 0 bridgehead atoms. The Morgan fingerprint density at radius 1 is 0.952 bits per heavy atom. The second-order valence-corrected chi connectivity index (χ2v) is 6.58. The Labute approximate surface area is 127 Å². The average Bonchev–Trinajstić information content (AvgIpc) is 2.46. The molecule has 0 spiro atoms. The SMILES string of the molecule is CC1CC(C)CN(C(=O)C(=O)N2CCN(CCN)CC2)C1. The molecule has 2 fully saturated rings. The van der Waals surface area contributed by atoms with Crippen LogP contribution in [0.1, 0.15) is 20.3 Å². The fraction of sp³-hybridized carbons (Fsp3) is 0.867. The van der Waals surface area contributed by atoms with Crippen LogP contribution >= 0.6 is 0 Å². The second-order valence-electron chi connectivity index (χ2n) is 6.58. The highest BCUT2D eigenvalue weighted by Gasteiger charge is 2.32. The predicted molar refractivity (Wildman–Crippen MR) is 81.6 cm³/mol. The Balaban J connectivity index is 1.87. The zero-order chi connectivity index (χ0) is 15.4. The molecule has 0 aromatic rings. The molecule has 2 rings (SSSR count). The molecule has 21 heavy (non-hydrogen) atoms. The van der Waals surface area contributed by atoms with Crippen molar-refractivity contribution in [1.82, 2.24) is 14.7 Å². The van der Waals surface area contributed by atoms with Crippen LogP contribution in [0.15, 0.2) is 0 Å². The van der Waals surface area contributed by atoms with E-state index in [2.05, 4.69) is 18.7 Å². The summed E-state index contributed by atoms with van der Waals surface area (Å²) in [6.45, 7) is 10.1. The van der Waals surface area contributed by atoms with Gasteiger partial charge in [0, 0.05) is 52.4 Å². The van der Waals surface area contributed by atoms with Crippen LogP contribution in [0.25, 0.3) is 0 Å². The summed E-state index contributed by atoms with van der Waals surface area (Å²) in [5, 5.41) is 0. The van der Waals surface area contributed by atoms with Crippen LogP contribution in [-0.4, -0.2) is 78.9 Å². The van der Waals surface area contributed by atoms with Crippen molar-refractivity contribution < 1.29 is 9.59 Å². The number of amides is 2. The minimum absolute atomic E-state index is 0.319. The van der Waals surface area contributed by atoms with E-state index in [4.69, 9.17) is 5.73 Å². The monoisotopic (exact) mass is 296 g/mol. The minimum Gasteiger partial charge on any atom is -0.334 e. The van der Waals surface area contributed by atoms with Crippen molar-refractivity contribution in [2.45, 2.75) is 20.3 Å². The number of likely N-dealkylation sites (tertiary alicyclic amines) is 1. The van der Waals surface area contributed by atoms with Gasteiger partial charge in [0.15, 0.2) is 0 Å². The van der Waals surface area contributed by atoms with Gasteiger partial charge in [-0.3, -0.25) is 14.5 Å². The third-order valence-corrected chi connectivity index (χ3v) is 4.44. The molecule has 6 nitrogen and oxygen atoms in total. The number of nitrogens with two attached hydrogens (primary N) is 1. The van der Waals surface area contributed by atoms with Gasteiger partial charge >= 0.3 is 11.8 Å². The van der Waals surface area contributed by atoms with E-state index in [-0.39, 0.29) is 11.8 Å². The highest BCUT2D eigenvalue weighted by atomic mass is 16.2. The van der Waals surface area contributed by atoms with Gasteiger partial charge in [-0.2, -0.15) is 0 Å². The molecule has 2 unspecified atom stereocenters. The van der Waals surface area contributed by atoms with Crippen molar-refractivity contribution in [1.29, 1.82) is 0 Å². The summed E-state index contributed by atoms with van der Waals surface area (Å²) >= 11 is 0. The molecular weight excluding hydrogens is 268 g/mol. The number of hydrogen-bond acceptors (Lipinski definition) is 4. The largest absolute Gasteiger partial charge is 0.334 e. The van der Waals surface area contributed by atoms with Gasteiger partial charge in [0.2, 0.25) is 0 Å². The highest BCUT2D eigenvalue weighted by molar-refractivity contribution is 6.34. The first-order valence-electron chi connectivity index (χ1n) is 8.01. The molecule has 2 saturated heterocycles. The van der Waals surface area contributed by atoms with Crippen molar-refractivity contribution in [3.05, 3.63) is 0 Å². The average molecular weight is 296 g/mol. The van der Waals surface area contributed by atoms with Crippen LogP contribution in [0, 0.1) is 11.8 Å². The van der Waals surface area contributed by atoms with Crippen molar-refractivity contribution in [2.24, 2.45) is 17.6 Å². The number of carbonyl (C=O) groups is 2. The second kappa shape index (κ2) is 7.22. The first kappa shape index (κ1) is 16.2. The van der Waals surface area contributed by atoms with Gasteiger partial charge < -0.3 is 15.5 Å². The Hall–Kier alpha value is -1.14. The molecule has 0 aliphatic carbocycles. The van der Waals surface area contributed by atoms with Crippen LogP contribution in [-0.2, 0) is 9.59 Å². The molecule has 2 aliphatic rings. The Morgan fingerprint density at radius 2 is 1.48 bits per heavy atom. The molecule has 2 N–H and O–H groups in total. The summed E-state index contributed by atoms with van der Waals surface area (Å²) in [4.78, 5) is 30.4. The summed E-state index contributed by atoms with van der Waals surface area (Å²) in [5.41, 5.74) is 5.54. The van der Waals surface area contributed by atoms with E-state index >= 15 is 0 Å². The molecule has 6 heteroatoms. The van der Waals surface area contributed by atoms with Gasteiger partial charge in [-0.15, -0.1) is 0 Å². The molecule has 0 aromatic heterocycles. The quantitative estimate of drug-likeness (QED) is 0.704. The van der Waals surface area contributed by atoms with E-state index in [0.29, 0.717) is 44.6 Å². The van der Waals surface area contributed by atoms with E-state index in [1.54, 1.807) is 9.80 Å². The van der Waals surface area contributed by atoms with Crippen LogP contribution < -0.4 is 5.73 Å². The molecule has 2 amide bonds. The van der Waals surface area contributed by atoms with Gasteiger partial charge in [-0.1, -0.05) is 13.8 Å². The van der Waals surface area contributed by atoms with Crippen LogP contribution in [0.3, 0.4) is 0 Å². The van der Waals surface area contributed by atoms with E-state index in [1.165, 1.54) is 0 Å². The maximum atomic E-state index is 12.4. The normalized spacial score (nSPS) is 27.8. The van der Waals surface area contributed by atoms with Crippen LogP contribution in [0.5, 0.6) is 0 Å². The maximum Gasteiger partial charge on any atom is 0.312 e. The summed E-state index contributed by atoms with van der Waals surface area (Å²) in [6.07, 6.45) is 1.13. The van der Waals surface area contributed by atoms with Crippen molar-refractivity contribution in [2.75, 3.05) is 52.4 Å². The Bertz CT molecular complexity index is 370. The number of piperidine rings is 1. The van der Waals surface area contributed by atoms with E-state index in [1.807, 2.05) is 0 Å². The zero-order valence-corrected chi connectivity index (χ0v) is 13.3. The standard InChI is InChI=1S/C15H28N4O2/c1-12-9-13(2)11-19(10-12)15(21)14(20)18-7-5-17(4-3-16)6-8-18/h12-13H,3-11,16H2,1-2H3. The number of hydrogen-bond donors (Lipinski definition) is 1. The van der Waals surface area contributed by atoms with Gasteiger partial charge in [0.05, 0.1) is 0 Å². The third-order valence-electron chi connectivity index (χ3n) is 4.44. The smallest absolute Gasteiger partial charge is 0.312 e. The van der Waals surface area contributed by atoms with Crippen LogP contribution in [0.4, 0.5) is 0 Å². The summed E-state index contributed by atoms with van der Waals surface area (Å²) < 4.78 is 0. The van der Waals surface area contributed by atoms with E-state index in [0.717, 1.165) is 26.1 Å². The molecule has 120 valence electrons. The molecule has 2 heterocycles. The topological polar surface area (TPSA) is 69.9 Å². The summed E-state index contributed by atoms with van der Waals surface area (Å²) in [6, 6.07) is 0. The lowest BCUT2D eigenvalue weighted by Crippen LogP contribution is -2.55. The number of carbonyl (C=O) groups excluding carboxylic acids is 2. The molecular formula is C15H28N4O2. The lowest BCUT2D eigenvalue weighted by atomic mass is 9.92. The molecule has 2 aliphatic heterocycles. The van der Waals surface area contributed by atoms with Crippen molar-refractivity contribution >= 4 is 11.8 Å². The number of piperazine rings is 1. The Morgan fingerprint density at radius 3 is 2.00 bits per heavy atom. The lowest BCUT2D eigenvalue weighted by Gasteiger charge is -2.38. The number of nitrogens with zero attached hydrogens (tertiary/aromatic N) is 3. The molecule has 0 radical (unpaired) electrons. The van der Waals surface area contributed by atoms with Gasteiger partial charge in [-0.25, -0.2) is 0 Å². The summed E-state index contributed by atoms with van der Waals surface area (Å²) in [5.74, 6) is 0.308. The zero-order valence-electron chi connectivity index (χ0n) is 13.3. The Kier molecular flexibility index (Phi) is 5.58. The first-order valence-corrected chi connectivity index (χ1v) is 8.01. The first-order chi connectivity index (χ1) is 10.0. The fourth-order valence-corrected chi connectivity index (χ4v) is 3.46. The van der Waals surface area contributed by atoms with Crippen molar-refractivity contribution in [3.8, 4) is 0 Å². The van der Waals surface area contributed by atoms with E-state index < -0.39 is 0 Å². The molecule has 2 atom stereocenters. The van der Waals surface area contributed by atoms with Gasteiger partial charge in [0.1, 0.15) is 0 Å². The highest BCUT2D eigenvalue weighted by Crippen LogP contribution is 2.21. The predicted octanol–water partition coefficient (Wildman–Crippen LogP) is -0.406. The lowest BCUT2D eigenvalue weighted by molar-refractivity contribution is -0.154. The maximum absolute atomic E-state index is 12.4. The summed E-state index contributed by atoms with van der Waals surface area (Å²) in [7, 11) is 0. The minimum atomic E-state index is -0.330. The van der Waals surface area contributed by atoms with Crippen LogP contribution in [0.2, 0.25) is 0 Å². The number of rotatable bonds is 2. The molecule has 0 aromatic carbocycles. The van der Waals surface area contributed by atoms with E-state index in [9.17, 15) is 9.59 Å². The fourth-order valence-electron chi connectivity index (χ4n) is 3.46. The molecule has 0 saturated carbocycles. The van der Waals surface area contributed by atoms with Crippen molar-refractivity contribution in [3.63, 3.8) is 0 Å². The van der Waals surface area contributed by atoms with Gasteiger partial charge in [0.25, 0.3) is 0 Å².